The van der Waals surface area contributed by atoms with E-state index >= 15 is 0 Å². The van der Waals surface area contributed by atoms with Gasteiger partial charge in [0.05, 0.1) is 12.8 Å². The number of anilines is 1. The molecule has 0 unspecified atom stereocenters. The van der Waals surface area contributed by atoms with E-state index in [1.54, 1.807) is 7.11 Å². The second-order valence-corrected chi connectivity index (χ2v) is 4.58. The number of para-hydroxylation sites is 2. The minimum Gasteiger partial charge on any atom is -0.495 e. The zero-order valence-corrected chi connectivity index (χ0v) is 10.6. The number of methoxy groups -OCH3 is 1. The van der Waals surface area contributed by atoms with Gasteiger partial charge in [0.25, 0.3) is 0 Å². The van der Waals surface area contributed by atoms with Crippen molar-refractivity contribution >= 4 is 11.6 Å². The highest BCUT2D eigenvalue weighted by Gasteiger charge is 2.27. The van der Waals surface area contributed by atoms with Gasteiger partial charge in [-0.05, 0) is 25.1 Å². The Morgan fingerprint density at radius 2 is 2.06 bits per heavy atom. The summed E-state index contributed by atoms with van der Waals surface area (Å²) < 4.78 is 5.18. The third-order valence-corrected chi connectivity index (χ3v) is 2.74. The van der Waals surface area contributed by atoms with Crippen LogP contribution in [0.15, 0.2) is 24.3 Å². The van der Waals surface area contributed by atoms with Crippen LogP contribution in [0, 0.1) is 5.41 Å². The van der Waals surface area contributed by atoms with Crippen molar-refractivity contribution in [2.45, 2.75) is 20.3 Å². The fourth-order valence-corrected chi connectivity index (χ4v) is 1.51. The molecule has 1 amide bonds. The van der Waals surface area contributed by atoms with Crippen LogP contribution in [0.25, 0.3) is 0 Å². The predicted molar refractivity (Wildman–Crippen MR) is 69.1 cm³/mol. The monoisotopic (exact) mass is 236 g/mol. The standard InChI is InChI=1S/C13H20N2O2/c1-13(2,8-9-14)12(16)15-10-6-4-5-7-11(10)17-3/h4-7H,8-9,14H2,1-3H3,(H,15,16). The van der Waals surface area contributed by atoms with Gasteiger partial charge >= 0.3 is 0 Å². The van der Waals surface area contributed by atoms with Gasteiger partial charge in [-0.3, -0.25) is 4.79 Å². The van der Waals surface area contributed by atoms with Gasteiger partial charge < -0.3 is 15.8 Å². The van der Waals surface area contributed by atoms with Crippen LogP contribution in [0.4, 0.5) is 5.69 Å². The average molecular weight is 236 g/mol. The summed E-state index contributed by atoms with van der Waals surface area (Å²) in [6.07, 6.45) is 0.647. The summed E-state index contributed by atoms with van der Waals surface area (Å²) in [6.45, 7) is 4.25. The highest BCUT2D eigenvalue weighted by molar-refractivity contribution is 5.96. The molecule has 0 radical (unpaired) electrons. The summed E-state index contributed by atoms with van der Waals surface area (Å²) >= 11 is 0. The van der Waals surface area contributed by atoms with E-state index in [2.05, 4.69) is 5.32 Å². The molecule has 3 N–H and O–H groups in total. The molecule has 0 aliphatic carbocycles. The van der Waals surface area contributed by atoms with E-state index in [-0.39, 0.29) is 5.91 Å². The third-order valence-electron chi connectivity index (χ3n) is 2.74. The lowest BCUT2D eigenvalue weighted by molar-refractivity contribution is -0.124. The minimum atomic E-state index is -0.477. The lowest BCUT2D eigenvalue weighted by Crippen LogP contribution is -2.32. The van der Waals surface area contributed by atoms with Crippen LogP contribution in [-0.2, 0) is 4.79 Å². The number of benzene rings is 1. The number of amides is 1. The van der Waals surface area contributed by atoms with E-state index in [9.17, 15) is 4.79 Å². The molecule has 17 heavy (non-hydrogen) atoms. The number of carbonyl (C=O) groups is 1. The number of carbonyl (C=O) groups excluding carboxylic acids is 1. The molecule has 4 nitrogen and oxygen atoms in total. The van der Waals surface area contributed by atoms with Gasteiger partial charge in [0.2, 0.25) is 5.91 Å². The second-order valence-electron chi connectivity index (χ2n) is 4.58. The van der Waals surface area contributed by atoms with Gasteiger partial charge in [-0.1, -0.05) is 26.0 Å². The minimum absolute atomic E-state index is 0.0487. The molecule has 0 heterocycles. The molecule has 4 heteroatoms. The lowest BCUT2D eigenvalue weighted by Gasteiger charge is -2.23. The molecule has 0 spiro atoms. The van der Waals surface area contributed by atoms with Crippen LogP contribution in [0.2, 0.25) is 0 Å². The van der Waals surface area contributed by atoms with Crippen molar-refractivity contribution in [1.82, 2.24) is 0 Å². The summed E-state index contributed by atoms with van der Waals surface area (Å²) in [5.41, 5.74) is 5.71. The first-order chi connectivity index (χ1) is 8.01. The van der Waals surface area contributed by atoms with Gasteiger partial charge in [0, 0.05) is 5.41 Å². The quantitative estimate of drug-likeness (QED) is 0.822. The molecule has 1 rings (SSSR count). The van der Waals surface area contributed by atoms with E-state index < -0.39 is 5.41 Å². The molecular weight excluding hydrogens is 216 g/mol. The molecule has 0 bridgehead atoms. The Morgan fingerprint density at radius 1 is 1.41 bits per heavy atom. The van der Waals surface area contributed by atoms with E-state index in [0.29, 0.717) is 24.4 Å². The first kappa shape index (κ1) is 13.5. The number of nitrogens with one attached hydrogen (secondary N) is 1. The van der Waals surface area contributed by atoms with Crippen LogP contribution in [0.3, 0.4) is 0 Å². The Bertz CT molecular complexity index is 389. The summed E-state index contributed by atoms with van der Waals surface area (Å²) in [5, 5.41) is 2.87. The van der Waals surface area contributed by atoms with E-state index in [1.807, 2.05) is 38.1 Å². The van der Waals surface area contributed by atoms with Crippen LogP contribution in [0.1, 0.15) is 20.3 Å². The van der Waals surface area contributed by atoms with Crippen LogP contribution in [-0.4, -0.2) is 19.6 Å². The summed E-state index contributed by atoms with van der Waals surface area (Å²) in [5.74, 6) is 0.608. The average Bonchev–Trinajstić information content (AvgIpc) is 2.29. The van der Waals surface area contributed by atoms with E-state index in [4.69, 9.17) is 10.5 Å². The zero-order valence-electron chi connectivity index (χ0n) is 10.6. The highest BCUT2D eigenvalue weighted by atomic mass is 16.5. The summed E-state index contributed by atoms with van der Waals surface area (Å²) in [6, 6.07) is 7.34. The molecule has 0 atom stereocenters. The van der Waals surface area contributed by atoms with Gasteiger partial charge in [-0.25, -0.2) is 0 Å². The lowest BCUT2D eigenvalue weighted by atomic mass is 9.88. The molecular formula is C13H20N2O2. The maximum atomic E-state index is 12.1. The van der Waals surface area contributed by atoms with Crippen LogP contribution < -0.4 is 15.8 Å². The SMILES string of the molecule is COc1ccccc1NC(=O)C(C)(C)CCN. The van der Waals surface area contributed by atoms with Crippen molar-refractivity contribution < 1.29 is 9.53 Å². The second kappa shape index (κ2) is 5.68. The number of nitrogens with two attached hydrogens (primary N) is 1. The van der Waals surface area contributed by atoms with Crippen molar-refractivity contribution in [2.24, 2.45) is 11.1 Å². The number of rotatable bonds is 5. The Balaban J connectivity index is 2.80. The van der Waals surface area contributed by atoms with Crippen LogP contribution >= 0.6 is 0 Å². The Hall–Kier alpha value is -1.55. The fraction of sp³-hybridized carbons (Fsp3) is 0.462. The Kier molecular flexibility index (Phi) is 4.52. The van der Waals surface area contributed by atoms with Gasteiger partial charge in [-0.2, -0.15) is 0 Å². The summed E-state index contributed by atoms with van der Waals surface area (Å²) in [7, 11) is 1.58. The molecule has 0 aliphatic heterocycles. The number of hydrogen-bond donors (Lipinski definition) is 2. The van der Waals surface area contributed by atoms with Crippen molar-refractivity contribution in [2.75, 3.05) is 19.0 Å². The first-order valence-electron chi connectivity index (χ1n) is 5.66. The molecule has 0 aromatic heterocycles. The Morgan fingerprint density at radius 3 is 2.65 bits per heavy atom. The highest BCUT2D eigenvalue weighted by Crippen LogP contribution is 2.27. The largest absolute Gasteiger partial charge is 0.495 e. The third kappa shape index (κ3) is 3.46. The van der Waals surface area contributed by atoms with Gasteiger partial charge in [-0.15, -0.1) is 0 Å². The summed E-state index contributed by atoms with van der Waals surface area (Å²) in [4.78, 5) is 12.1. The maximum Gasteiger partial charge on any atom is 0.230 e. The first-order valence-corrected chi connectivity index (χ1v) is 5.66. The normalized spacial score (nSPS) is 11.1. The molecule has 1 aromatic rings. The molecule has 0 aliphatic rings. The number of ether oxygens (including phenoxy) is 1. The molecule has 0 fully saturated rings. The predicted octanol–water partition coefficient (Wildman–Crippen LogP) is 2.01. The molecule has 0 saturated heterocycles. The maximum absolute atomic E-state index is 12.1. The molecule has 0 saturated carbocycles. The van der Waals surface area contributed by atoms with Gasteiger partial charge in [0.1, 0.15) is 5.75 Å². The molecule has 94 valence electrons. The fourth-order valence-electron chi connectivity index (χ4n) is 1.51. The van der Waals surface area contributed by atoms with Crippen molar-refractivity contribution in [3.05, 3.63) is 24.3 Å². The van der Waals surface area contributed by atoms with Gasteiger partial charge in [0.15, 0.2) is 0 Å². The number of hydrogen-bond acceptors (Lipinski definition) is 3. The smallest absolute Gasteiger partial charge is 0.230 e. The Labute approximate surface area is 102 Å². The van der Waals surface area contributed by atoms with E-state index in [0.717, 1.165) is 0 Å². The molecule has 1 aromatic carbocycles. The van der Waals surface area contributed by atoms with E-state index in [1.165, 1.54) is 0 Å². The van der Waals surface area contributed by atoms with Crippen molar-refractivity contribution in [3.8, 4) is 5.75 Å². The van der Waals surface area contributed by atoms with Crippen molar-refractivity contribution in [1.29, 1.82) is 0 Å². The topological polar surface area (TPSA) is 64.3 Å². The van der Waals surface area contributed by atoms with Crippen LogP contribution in [0.5, 0.6) is 5.75 Å². The zero-order chi connectivity index (χ0) is 12.9. The van der Waals surface area contributed by atoms with Crippen molar-refractivity contribution in [3.63, 3.8) is 0 Å².